The average molecular weight is 309 g/mol. The fourth-order valence-corrected chi connectivity index (χ4v) is 4.22. The molecule has 1 saturated heterocycles. The molecule has 2 rings (SSSR count). The van der Waals surface area contributed by atoms with Crippen molar-refractivity contribution in [3.05, 3.63) is 24.0 Å². The highest BCUT2D eigenvalue weighted by Gasteiger charge is 2.38. The minimum absolute atomic E-state index is 0.0847. The number of rotatable bonds is 3. The molecule has 1 fully saturated rings. The van der Waals surface area contributed by atoms with Gasteiger partial charge in [-0.3, -0.25) is 4.79 Å². The quantitative estimate of drug-likeness (QED) is 0.885. The Balaban J connectivity index is 2.42. The van der Waals surface area contributed by atoms with Crippen molar-refractivity contribution in [1.29, 1.82) is 5.26 Å². The summed E-state index contributed by atoms with van der Waals surface area (Å²) in [7, 11) is -3.94. The second-order valence-corrected chi connectivity index (χ2v) is 6.86. The highest BCUT2D eigenvalue weighted by molar-refractivity contribution is 7.89. The summed E-state index contributed by atoms with van der Waals surface area (Å²) in [6.45, 7) is 1.65. The first-order chi connectivity index (χ1) is 9.87. The fraction of sp³-hybridized carbons (Fsp3) is 0.462. The number of sulfonamides is 1. The number of nitrogens with zero attached hydrogens (tertiary/aromatic N) is 3. The standard InChI is InChI=1S/C13H15N3O4S/c1-9-4-5-10(13(17)18)8-16(9)21(19,20)12-3-2-6-15-11(12)7-14/h2-3,6,9-10H,4-5,8H2,1H3,(H,17,18). The number of hydrogen-bond acceptors (Lipinski definition) is 5. The Bertz CT molecular complexity index is 696. The Morgan fingerprint density at radius 3 is 2.86 bits per heavy atom. The lowest BCUT2D eigenvalue weighted by molar-refractivity contribution is -0.143. The first-order valence-corrected chi connectivity index (χ1v) is 7.91. The lowest BCUT2D eigenvalue weighted by Gasteiger charge is -2.35. The molecule has 2 unspecified atom stereocenters. The predicted octanol–water partition coefficient (Wildman–Crippen LogP) is 0.827. The Kier molecular flexibility index (Phi) is 4.25. The smallest absolute Gasteiger partial charge is 0.307 e. The van der Waals surface area contributed by atoms with Crippen LogP contribution in [0.25, 0.3) is 0 Å². The van der Waals surface area contributed by atoms with Crippen molar-refractivity contribution in [2.24, 2.45) is 5.92 Å². The van der Waals surface area contributed by atoms with E-state index in [1.165, 1.54) is 18.3 Å². The van der Waals surface area contributed by atoms with Crippen LogP contribution in [0.2, 0.25) is 0 Å². The Morgan fingerprint density at radius 1 is 1.52 bits per heavy atom. The number of aromatic nitrogens is 1. The number of aliphatic carboxylic acids is 1. The van der Waals surface area contributed by atoms with Crippen LogP contribution in [0.1, 0.15) is 25.5 Å². The summed E-state index contributed by atoms with van der Waals surface area (Å²) in [5.41, 5.74) is -0.179. The SMILES string of the molecule is CC1CCC(C(=O)O)CN1S(=O)(=O)c1cccnc1C#N. The third-order valence-electron chi connectivity index (χ3n) is 3.64. The van der Waals surface area contributed by atoms with Crippen LogP contribution in [-0.4, -0.2) is 41.4 Å². The molecular weight excluding hydrogens is 294 g/mol. The molecule has 0 bridgehead atoms. The number of carbonyl (C=O) groups is 1. The van der Waals surface area contributed by atoms with Gasteiger partial charge < -0.3 is 5.11 Å². The molecule has 0 spiro atoms. The van der Waals surface area contributed by atoms with Crippen LogP contribution < -0.4 is 0 Å². The Morgan fingerprint density at radius 2 is 2.24 bits per heavy atom. The lowest BCUT2D eigenvalue weighted by Crippen LogP contribution is -2.47. The van der Waals surface area contributed by atoms with E-state index >= 15 is 0 Å². The van der Waals surface area contributed by atoms with Gasteiger partial charge in [0.1, 0.15) is 11.0 Å². The van der Waals surface area contributed by atoms with E-state index in [0.29, 0.717) is 12.8 Å². The van der Waals surface area contributed by atoms with Crippen LogP contribution in [0.5, 0.6) is 0 Å². The molecule has 1 aliphatic heterocycles. The van der Waals surface area contributed by atoms with E-state index in [4.69, 9.17) is 10.4 Å². The molecule has 1 aromatic rings. The monoisotopic (exact) mass is 309 g/mol. The Hall–Kier alpha value is -1.98. The fourth-order valence-electron chi connectivity index (χ4n) is 2.42. The van der Waals surface area contributed by atoms with Gasteiger partial charge in [-0.15, -0.1) is 0 Å². The maximum Gasteiger partial charge on any atom is 0.307 e. The van der Waals surface area contributed by atoms with Crippen LogP contribution in [0.15, 0.2) is 23.2 Å². The van der Waals surface area contributed by atoms with Crippen molar-refractivity contribution >= 4 is 16.0 Å². The molecule has 8 heteroatoms. The molecule has 0 saturated carbocycles. The van der Waals surface area contributed by atoms with Crippen LogP contribution in [0.3, 0.4) is 0 Å². The van der Waals surface area contributed by atoms with Crippen molar-refractivity contribution < 1.29 is 18.3 Å². The van der Waals surface area contributed by atoms with Crippen LogP contribution >= 0.6 is 0 Å². The third-order valence-corrected chi connectivity index (χ3v) is 5.65. The topological polar surface area (TPSA) is 111 Å². The van der Waals surface area contributed by atoms with Gasteiger partial charge in [0, 0.05) is 18.8 Å². The summed E-state index contributed by atoms with van der Waals surface area (Å²) in [5.74, 6) is -1.73. The second-order valence-electron chi connectivity index (χ2n) is 5.00. The van der Waals surface area contributed by atoms with Gasteiger partial charge in [-0.05, 0) is 31.9 Å². The summed E-state index contributed by atoms with van der Waals surface area (Å²) in [5, 5.41) is 18.1. The molecule has 0 amide bonds. The molecule has 1 aromatic heterocycles. The van der Waals surface area contributed by atoms with Gasteiger partial charge in [-0.1, -0.05) is 0 Å². The van der Waals surface area contributed by atoms with E-state index in [9.17, 15) is 13.2 Å². The minimum Gasteiger partial charge on any atom is -0.481 e. The van der Waals surface area contributed by atoms with Crippen molar-refractivity contribution in [3.63, 3.8) is 0 Å². The highest BCUT2D eigenvalue weighted by Crippen LogP contribution is 2.29. The zero-order chi connectivity index (χ0) is 15.6. The maximum atomic E-state index is 12.7. The normalized spacial score (nSPS) is 23.4. The van der Waals surface area contributed by atoms with Gasteiger partial charge in [-0.2, -0.15) is 9.57 Å². The molecule has 2 heterocycles. The predicted molar refractivity (Wildman–Crippen MR) is 72.7 cm³/mol. The molecule has 7 nitrogen and oxygen atoms in total. The average Bonchev–Trinajstić information content (AvgIpc) is 2.47. The summed E-state index contributed by atoms with van der Waals surface area (Å²) >= 11 is 0. The van der Waals surface area contributed by atoms with Gasteiger partial charge >= 0.3 is 5.97 Å². The van der Waals surface area contributed by atoms with E-state index in [1.807, 2.05) is 0 Å². The molecule has 2 atom stereocenters. The first kappa shape index (κ1) is 15.4. The van der Waals surface area contributed by atoms with Crippen molar-refractivity contribution in [2.45, 2.75) is 30.7 Å². The van der Waals surface area contributed by atoms with E-state index < -0.39 is 21.9 Å². The number of nitriles is 1. The minimum atomic E-state index is -3.94. The number of carboxylic acids is 1. The highest BCUT2D eigenvalue weighted by atomic mass is 32.2. The number of piperidine rings is 1. The number of pyridine rings is 1. The van der Waals surface area contributed by atoms with Crippen LogP contribution in [0, 0.1) is 17.2 Å². The first-order valence-electron chi connectivity index (χ1n) is 6.47. The van der Waals surface area contributed by atoms with Gasteiger partial charge in [0.15, 0.2) is 5.69 Å². The van der Waals surface area contributed by atoms with E-state index in [1.54, 1.807) is 13.0 Å². The number of carboxylic acid groups (broad SMARTS) is 1. The molecule has 0 radical (unpaired) electrons. The lowest BCUT2D eigenvalue weighted by atomic mass is 9.96. The third kappa shape index (κ3) is 2.89. The summed E-state index contributed by atoms with van der Waals surface area (Å²) < 4.78 is 26.5. The van der Waals surface area contributed by atoms with E-state index in [0.717, 1.165) is 4.31 Å². The van der Waals surface area contributed by atoms with Crippen molar-refractivity contribution in [1.82, 2.24) is 9.29 Å². The van der Waals surface area contributed by atoms with E-state index in [2.05, 4.69) is 4.98 Å². The van der Waals surface area contributed by atoms with Gasteiger partial charge in [0.2, 0.25) is 10.0 Å². The zero-order valence-corrected chi connectivity index (χ0v) is 12.2. The van der Waals surface area contributed by atoms with E-state index in [-0.39, 0.29) is 23.2 Å². The molecular formula is C13H15N3O4S. The van der Waals surface area contributed by atoms with Crippen LogP contribution in [0.4, 0.5) is 0 Å². The molecule has 1 N–H and O–H groups in total. The number of hydrogen-bond donors (Lipinski definition) is 1. The van der Waals surface area contributed by atoms with Gasteiger partial charge in [0.05, 0.1) is 5.92 Å². The maximum absolute atomic E-state index is 12.7. The summed E-state index contributed by atoms with van der Waals surface area (Å²) in [6, 6.07) is 4.21. The summed E-state index contributed by atoms with van der Waals surface area (Å²) in [4.78, 5) is 14.7. The molecule has 0 aliphatic carbocycles. The second kappa shape index (κ2) is 5.79. The Labute approximate surface area is 122 Å². The van der Waals surface area contributed by atoms with Crippen LogP contribution in [-0.2, 0) is 14.8 Å². The van der Waals surface area contributed by atoms with Crippen molar-refractivity contribution in [2.75, 3.05) is 6.54 Å². The largest absolute Gasteiger partial charge is 0.481 e. The molecule has 112 valence electrons. The van der Waals surface area contributed by atoms with Gasteiger partial charge in [-0.25, -0.2) is 13.4 Å². The zero-order valence-electron chi connectivity index (χ0n) is 11.4. The van der Waals surface area contributed by atoms with Gasteiger partial charge in [0.25, 0.3) is 0 Å². The van der Waals surface area contributed by atoms with Crippen molar-refractivity contribution in [3.8, 4) is 6.07 Å². The molecule has 0 aromatic carbocycles. The molecule has 1 aliphatic rings. The summed E-state index contributed by atoms with van der Waals surface area (Å²) in [6.07, 6.45) is 2.26. The molecule has 21 heavy (non-hydrogen) atoms.